The predicted molar refractivity (Wildman–Crippen MR) is 127 cm³/mol. The molecule has 0 spiro atoms. The van der Waals surface area contributed by atoms with Crippen molar-refractivity contribution in [1.82, 2.24) is 20.0 Å². The molecule has 2 aromatic heterocycles. The quantitative estimate of drug-likeness (QED) is 0.421. The Balaban J connectivity index is 1.69. The van der Waals surface area contributed by atoms with Gasteiger partial charge in [0, 0.05) is 36.5 Å². The van der Waals surface area contributed by atoms with Crippen LogP contribution in [0, 0.1) is 23.1 Å². The first-order valence-electron chi connectivity index (χ1n) is 10.8. The average Bonchev–Trinajstić information content (AvgIpc) is 3.20. The molecule has 0 saturated carbocycles. The van der Waals surface area contributed by atoms with E-state index in [1.807, 2.05) is 0 Å². The number of aromatic nitrogens is 4. The molecule has 9 nitrogen and oxygen atoms in total. The Labute approximate surface area is 203 Å². The topological polar surface area (TPSA) is 132 Å². The second-order valence-corrected chi connectivity index (χ2v) is 8.65. The molecule has 178 valence electrons. The van der Waals surface area contributed by atoms with E-state index in [1.165, 1.54) is 10.7 Å². The largest absolute Gasteiger partial charge is 0.492 e. The van der Waals surface area contributed by atoms with Crippen LogP contribution in [-0.2, 0) is 18.3 Å². The van der Waals surface area contributed by atoms with Gasteiger partial charge in [-0.1, -0.05) is 17.7 Å². The van der Waals surface area contributed by atoms with Crippen LogP contribution < -0.4 is 16.0 Å². The third kappa shape index (κ3) is 3.93. The number of hydrogen-bond acceptors (Lipinski definition) is 7. The number of aryl methyl sites for hydroxylation is 1. The van der Waals surface area contributed by atoms with Gasteiger partial charge in [-0.25, -0.2) is 9.49 Å². The number of ether oxygens (including phenoxy) is 2. The van der Waals surface area contributed by atoms with Gasteiger partial charge in [0.15, 0.2) is 5.82 Å². The average molecular weight is 495 g/mol. The van der Waals surface area contributed by atoms with Gasteiger partial charge in [-0.05, 0) is 17.7 Å². The van der Waals surface area contributed by atoms with E-state index in [9.17, 15) is 10.1 Å². The highest BCUT2D eigenvalue weighted by Gasteiger charge is 2.27. The van der Waals surface area contributed by atoms with Crippen LogP contribution in [0.3, 0.4) is 0 Å². The summed E-state index contributed by atoms with van der Waals surface area (Å²) < 4.78 is 28.0. The van der Waals surface area contributed by atoms with Crippen LogP contribution in [0.4, 0.5) is 4.39 Å². The van der Waals surface area contributed by atoms with Crippen molar-refractivity contribution in [2.24, 2.45) is 18.7 Å². The molecule has 1 aliphatic rings. The summed E-state index contributed by atoms with van der Waals surface area (Å²) in [5.74, 6) is -0.367. The van der Waals surface area contributed by atoms with Gasteiger partial charge in [0.05, 0.1) is 53.4 Å². The van der Waals surface area contributed by atoms with E-state index in [1.54, 1.807) is 31.4 Å². The zero-order valence-corrected chi connectivity index (χ0v) is 19.4. The molecule has 0 bridgehead atoms. The Hall–Kier alpha value is -3.78. The number of fused-ring (bicyclic) bond motifs is 1. The highest BCUT2D eigenvalue weighted by Crippen LogP contribution is 2.41. The Kier molecular flexibility index (Phi) is 5.98. The van der Waals surface area contributed by atoms with Crippen LogP contribution in [0.25, 0.3) is 33.2 Å². The fourth-order valence-electron chi connectivity index (χ4n) is 4.13. The Morgan fingerprint density at radius 1 is 1.37 bits per heavy atom. The monoisotopic (exact) mass is 494 g/mol. The molecule has 0 amide bonds. The molecule has 2 aromatic carbocycles. The van der Waals surface area contributed by atoms with Crippen LogP contribution in [-0.4, -0.2) is 39.8 Å². The molecule has 35 heavy (non-hydrogen) atoms. The van der Waals surface area contributed by atoms with E-state index in [4.69, 9.17) is 26.8 Å². The molecule has 11 heteroatoms. The first kappa shape index (κ1) is 23.0. The fraction of sp³-hybridized carbons (Fsp3) is 0.250. The molecule has 3 N–H and O–H groups in total. The standard InChI is InChI=1S/C24H20ClFN6O3/c1-32-23(21-16(6-27)20(5-18(25)22(21)26)35-11-12-9-34-10-12)17(8-29-32)13-2-3-14-15(4-13)19(7-28)30-31-24(14)33/h2-5,8,12H,7,9-11,28H2,1H3,(H,31,33). The Morgan fingerprint density at radius 3 is 2.86 bits per heavy atom. The van der Waals surface area contributed by atoms with Crippen molar-refractivity contribution in [2.75, 3.05) is 19.8 Å². The van der Waals surface area contributed by atoms with Crippen LogP contribution in [0.5, 0.6) is 5.75 Å². The molecular weight excluding hydrogens is 475 g/mol. The lowest BCUT2D eigenvalue weighted by Crippen LogP contribution is -2.32. The molecule has 0 atom stereocenters. The van der Waals surface area contributed by atoms with E-state index in [2.05, 4.69) is 21.4 Å². The van der Waals surface area contributed by atoms with Crippen LogP contribution in [0.2, 0.25) is 5.02 Å². The number of benzene rings is 2. The maximum atomic E-state index is 15.5. The fourth-order valence-corrected chi connectivity index (χ4v) is 4.32. The lowest BCUT2D eigenvalue weighted by Gasteiger charge is -2.26. The summed E-state index contributed by atoms with van der Waals surface area (Å²) in [6, 6.07) is 8.51. The number of H-pyrrole nitrogens is 1. The molecule has 1 aliphatic heterocycles. The summed E-state index contributed by atoms with van der Waals surface area (Å²) in [6.07, 6.45) is 1.56. The van der Waals surface area contributed by atoms with Gasteiger partial charge >= 0.3 is 0 Å². The predicted octanol–water partition coefficient (Wildman–Crippen LogP) is 3.14. The summed E-state index contributed by atoms with van der Waals surface area (Å²) in [4.78, 5) is 12.2. The van der Waals surface area contributed by atoms with Crippen molar-refractivity contribution >= 4 is 22.4 Å². The minimum atomic E-state index is -0.756. The highest BCUT2D eigenvalue weighted by molar-refractivity contribution is 6.31. The van der Waals surface area contributed by atoms with Gasteiger partial charge in [0.25, 0.3) is 5.56 Å². The summed E-state index contributed by atoms with van der Waals surface area (Å²) in [7, 11) is 1.64. The maximum absolute atomic E-state index is 15.5. The number of nitriles is 1. The second-order valence-electron chi connectivity index (χ2n) is 8.24. The highest BCUT2D eigenvalue weighted by atomic mass is 35.5. The molecule has 1 fully saturated rings. The molecule has 0 radical (unpaired) electrons. The normalized spacial score (nSPS) is 13.6. The van der Waals surface area contributed by atoms with Gasteiger partial charge in [-0.2, -0.15) is 15.5 Å². The van der Waals surface area contributed by atoms with Gasteiger partial charge in [0.2, 0.25) is 0 Å². The van der Waals surface area contributed by atoms with Crippen LogP contribution in [0.15, 0.2) is 35.3 Å². The summed E-state index contributed by atoms with van der Waals surface area (Å²) in [5, 5.41) is 21.6. The van der Waals surface area contributed by atoms with Gasteiger partial charge in [-0.15, -0.1) is 0 Å². The number of hydrogen-bond donors (Lipinski definition) is 2. The minimum absolute atomic E-state index is 0.0125. The van der Waals surface area contributed by atoms with E-state index in [-0.39, 0.29) is 39.9 Å². The summed E-state index contributed by atoms with van der Waals surface area (Å²) in [6.45, 7) is 1.58. The number of aromatic amines is 1. The third-order valence-electron chi connectivity index (χ3n) is 6.02. The number of nitrogens with two attached hydrogens (primary N) is 1. The van der Waals surface area contributed by atoms with Gasteiger partial charge < -0.3 is 15.2 Å². The van der Waals surface area contributed by atoms with Gasteiger partial charge in [0.1, 0.15) is 17.4 Å². The SMILES string of the molecule is Cn1ncc(-c2ccc3c(=O)[nH]nc(CN)c3c2)c1-c1c(F)c(Cl)cc(OCC2COC2)c1C#N. The lowest BCUT2D eigenvalue weighted by atomic mass is 9.95. The molecule has 0 aliphatic carbocycles. The Bertz CT molecular complexity index is 1550. The first-order valence-corrected chi connectivity index (χ1v) is 11.2. The molecular formula is C24H20ClFN6O3. The van der Waals surface area contributed by atoms with E-state index >= 15 is 4.39 Å². The van der Waals surface area contributed by atoms with E-state index < -0.39 is 5.82 Å². The van der Waals surface area contributed by atoms with Crippen LogP contribution in [0.1, 0.15) is 11.3 Å². The molecule has 3 heterocycles. The van der Waals surface area contributed by atoms with Crippen molar-refractivity contribution in [3.05, 3.63) is 62.9 Å². The smallest absolute Gasteiger partial charge is 0.272 e. The van der Waals surface area contributed by atoms with Crippen molar-refractivity contribution in [3.8, 4) is 34.2 Å². The van der Waals surface area contributed by atoms with Crippen molar-refractivity contribution in [2.45, 2.75) is 6.54 Å². The number of rotatable bonds is 6. The first-order chi connectivity index (χ1) is 16.9. The Morgan fingerprint density at radius 2 is 2.17 bits per heavy atom. The minimum Gasteiger partial charge on any atom is -0.492 e. The van der Waals surface area contributed by atoms with Crippen LogP contribution >= 0.6 is 11.6 Å². The molecule has 5 rings (SSSR count). The maximum Gasteiger partial charge on any atom is 0.272 e. The number of nitrogens with zero attached hydrogens (tertiary/aromatic N) is 4. The second kappa shape index (κ2) is 9.11. The molecule has 1 saturated heterocycles. The molecule has 4 aromatic rings. The summed E-state index contributed by atoms with van der Waals surface area (Å²) >= 11 is 6.23. The zero-order chi connectivity index (χ0) is 24.7. The van der Waals surface area contributed by atoms with Gasteiger partial charge in [-0.3, -0.25) is 9.48 Å². The number of halogens is 2. The third-order valence-corrected chi connectivity index (χ3v) is 6.30. The zero-order valence-electron chi connectivity index (χ0n) is 18.6. The van der Waals surface area contributed by atoms with Crippen molar-refractivity contribution in [3.63, 3.8) is 0 Å². The lowest BCUT2D eigenvalue weighted by molar-refractivity contribution is -0.0508. The van der Waals surface area contributed by atoms with E-state index in [0.29, 0.717) is 53.1 Å². The van der Waals surface area contributed by atoms with Crippen molar-refractivity contribution in [1.29, 1.82) is 5.26 Å². The summed E-state index contributed by atoms with van der Waals surface area (Å²) in [5.41, 5.74) is 7.48. The van der Waals surface area contributed by atoms with Crippen molar-refractivity contribution < 1.29 is 13.9 Å². The number of nitrogens with one attached hydrogen (secondary N) is 1. The van der Waals surface area contributed by atoms with E-state index in [0.717, 1.165) is 0 Å². The molecule has 0 unspecified atom stereocenters.